The van der Waals surface area contributed by atoms with E-state index in [9.17, 15) is 27.2 Å². The fourth-order valence-corrected chi connectivity index (χ4v) is 4.13. The number of nitrogens with zero attached hydrogens (tertiary/aromatic N) is 5. The van der Waals surface area contributed by atoms with Gasteiger partial charge in [0.25, 0.3) is 5.91 Å². The molecule has 12 nitrogen and oxygen atoms in total. The maximum Gasteiger partial charge on any atom is 0.418 e. The molecule has 2 amide bonds. The Morgan fingerprint density at radius 3 is 2.67 bits per heavy atom. The molecule has 0 aliphatic carbocycles. The van der Waals surface area contributed by atoms with Gasteiger partial charge >= 0.3 is 12.3 Å². The molecule has 16 heteroatoms. The molecule has 3 N–H and O–H groups in total. The molecule has 39 heavy (non-hydrogen) atoms. The predicted molar refractivity (Wildman–Crippen MR) is 128 cm³/mol. The van der Waals surface area contributed by atoms with Crippen LogP contribution in [0.15, 0.2) is 24.7 Å². The monoisotopic (exact) mass is 555 g/mol. The number of aromatic nitrogens is 4. The third kappa shape index (κ3) is 5.79. The van der Waals surface area contributed by atoms with Crippen LogP contribution in [-0.4, -0.2) is 88.7 Å². The number of amides is 2. The zero-order valence-corrected chi connectivity index (χ0v) is 20.9. The molecular weight excluding hydrogens is 530 g/mol. The second-order valence-corrected chi connectivity index (χ2v) is 8.44. The molecule has 0 saturated carbocycles. The van der Waals surface area contributed by atoms with Crippen molar-refractivity contribution in [2.45, 2.75) is 25.3 Å². The Bertz CT molecular complexity index is 1370. The molecule has 0 bridgehead atoms. The minimum atomic E-state index is -4.77. The van der Waals surface area contributed by atoms with Crippen LogP contribution in [0.5, 0.6) is 5.88 Å². The number of nitrogens with two attached hydrogens (primary N) is 1. The van der Waals surface area contributed by atoms with E-state index in [1.165, 1.54) is 19.4 Å². The zero-order valence-electron chi connectivity index (χ0n) is 20.9. The number of fused-ring (bicyclic) bond motifs is 1. The number of nitrogen functional groups attached to an aromatic ring is 1. The molecule has 4 heterocycles. The van der Waals surface area contributed by atoms with Crippen molar-refractivity contribution in [3.05, 3.63) is 35.8 Å². The summed E-state index contributed by atoms with van der Waals surface area (Å²) in [5.41, 5.74) is 4.00. The number of halogens is 4. The van der Waals surface area contributed by atoms with Crippen LogP contribution >= 0.6 is 0 Å². The Labute approximate surface area is 219 Å². The van der Waals surface area contributed by atoms with Gasteiger partial charge in [-0.3, -0.25) is 4.79 Å². The lowest BCUT2D eigenvalue weighted by molar-refractivity contribution is -0.136. The normalized spacial score (nSPS) is 17.4. The fourth-order valence-electron chi connectivity index (χ4n) is 4.13. The van der Waals surface area contributed by atoms with Crippen LogP contribution in [-0.2, 0) is 15.7 Å². The maximum atomic E-state index is 14.7. The van der Waals surface area contributed by atoms with Gasteiger partial charge in [-0.25, -0.2) is 23.7 Å². The summed E-state index contributed by atoms with van der Waals surface area (Å²) in [6.07, 6.45) is -4.93. The van der Waals surface area contributed by atoms with Crippen molar-refractivity contribution in [1.29, 1.82) is 0 Å². The van der Waals surface area contributed by atoms with E-state index in [1.807, 2.05) is 0 Å². The number of alkyl halides is 4. The average Bonchev–Trinajstić information content (AvgIpc) is 3.48. The highest BCUT2D eigenvalue weighted by molar-refractivity contribution is 5.98. The van der Waals surface area contributed by atoms with Crippen molar-refractivity contribution in [2.75, 3.05) is 45.8 Å². The predicted octanol–water partition coefficient (Wildman–Crippen LogP) is 2.33. The lowest BCUT2D eigenvalue weighted by Crippen LogP contribution is -2.42. The maximum absolute atomic E-state index is 14.7. The Kier molecular flexibility index (Phi) is 8.03. The number of likely N-dealkylation sites (tertiary alicyclic amines) is 1. The molecule has 210 valence electrons. The number of nitrogens with one attached hydrogen (secondary N) is 1. The van der Waals surface area contributed by atoms with Gasteiger partial charge in [-0.15, -0.1) is 0 Å². The van der Waals surface area contributed by atoms with Crippen molar-refractivity contribution < 1.29 is 41.4 Å². The Morgan fingerprint density at radius 2 is 1.97 bits per heavy atom. The highest BCUT2D eigenvalue weighted by Crippen LogP contribution is 2.39. The van der Waals surface area contributed by atoms with Crippen LogP contribution in [0.3, 0.4) is 0 Å². The highest BCUT2D eigenvalue weighted by Gasteiger charge is 2.39. The van der Waals surface area contributed by atoms with Crippen molar-refractivity contribution in [3.8, 4) is 17.1 Å². The summed E-state index contributed by atoms with van der Waals surface area (Å²) < 4.78 is 72.0. The molecule has 0 aromatic carbocycles. The lowest BCUT2D eigenvalue weighted by Gasteiger charge is -2.17. The molecule has 4 rings (SSSR count). The zero-order chi connectivity index (χ0) is 28.3. The first kappa shape index (κ1) is 27.8. The van der Waals surface area contributed by atoms with Crippen LogP contribution in [0, 0.1) is 0 Å². The summed E-state index contributed by atoms with van der Waals surface area (Å²) in [5.74, 6) is -1.35. The SMILES string of the molecule is CCOCCOC(=O)N1C[C@H](F)[C@H](NC(=O)c2cc(-c3cc(C(F)(F)F)c4c(N)ncnn34)cnc2OC)C1. The van der Waals surface area contributed by atoms with Gasteiger partial charge < -0.3 is 30.2 Å². The van der Waals surface area contributed by atoms with Gasteiger partial charge in [0.1, 0.15) is 30.2 Å². The second kappa shape index (κ2) is 11.3. The summed E-state index contributed by atoms with van der Waals surface area (Å²) in [7, 11) is 1.24. The van der Waals surface area contributed by atoms with Crippen molar-refractivity contribution in [3.63, 3.8) is 0 Å². The summed E-state index contributed by atoms with van der Waals surface area (Å²) >= 11 is 0. The molecule has 1 aliphatic heterocycles. The first-order valence-corrected chi connectivity index (χ1v) is 11.7. The number of anilines is 1. The number of pyridine rings is 1. The minimum absolute atomic E-state index is 0.00610. The second-order valence-electron chi connectivity index (χ2n) is 8.44. The minimum Gasteiger partial charge on any atom is -0.480 e. The third-order valence-corrected chi connectivity index (χ3v) is 5.95. The van der Waals surface area contributed by atoms with E-state index in [0.29, 0.717) is 6.61 Å². The molecule has 0 spiro atoms. The van der Waals surface area contributed by atoms with Crippen LogP contribution in [0.4, 0.5) is 28.2 Å². The van der Waals surface area contributed by atoms with E-state index in [4.69, 9.17) is 19.9 Å². The summed E-state index contributed by atoms with van der Waals surface area (Å²) in [6.45, 7) is 1.96. The van der Waals surface area contributed by atoms with Crippen molar-refractivity contribution >= 4 is 23.3 Å². The van der Waals surface area contributed by atoms with E-state index in [2.05, 4.69) is 20.4 Å². The molecule has 3 aromatic rings. The Balaban J connectivity index is 1.58. The first-order chi connectivity index (χ1) is 18.5. The average molecular weight is 555 g/mol. The number of hydrogen-bond donors (Lipinski definition) is 2. The largest absolute Gasteiger partial charge is 0.480 e. The smallest absolute Gasteiger partial charge is 0.418 e. The standard InChI is InChI=1S/C23H25F4N7O5/c1-3-38-4-5-39-22(36)33-9-15(24)16(10-33)32-20(35)13-6-12(8-29-21(13)37-2)17-7-14(23(25,26)27)18-19(28)30-11-31-34(17)18/h6-8,11,15-16H,3-5,9-10H2,1-2H3,(H,32,35)(H2,28,30,31)/t15-,16+/m0/s1. The van der Waals surface area contributed by atoms with E-state index >= 15 is 0 Å². The van der Waals surface area contributed by atoms with Crippen LogP contribution in [0.2, 0.25) is 0 Å². The lowest BCUT2D eigenvalue weighted by atomic mass is 10.1. The number of carbonyl (C=O) groups is 2. The van der Waals surface area contributed by atoms with Gasteiger partial charge in [-0.05, 0) is 19.1 Å². The molecule has 1 aliphatic rings. The molecule has 0 unspecified atom stereocenters. The third-order valence-electron chi connectivity index (χ3n) is 5.95. The number of rotatable bonds is 8. The van der Waals surface area contributed by atoms with Crippen LogP contribution in [0.25, 0.3) is 16.8 Å². The van der Waals surface area contributed by atoms with E-state index in [1.54, 1.807) is 6.92 Å². The quantitative estimate of drug-likeness (QED) is 0.316. The Morgan fingerprint density at radius 1 is 1.21 bits per heavy atom. The molecule has 3 aromatic heterocycles. The summed E-state index contributed by atoms with van der Waals surface area (Å²) in [4.78, 5) is 34.1. The summed E-state index contributed by atoms with van der Waals surface area (Å²) in [6, 6.07) is 0.974. The molecule has 1 saturated heterocycles. The van der Waals surface area contributed by atoms with E-state index < -0.39 is 41.5 Å². The number of carbonyl (C=O) groups excluding carboxylic acids is 2. The van der Waals surface area contributed by atoms with Gasteiger partial charge in [0.15, 0.2) is 5.82 Å². The van der Waals surface area contributed by atoms with Gasteiger partial charge in [-0.1, -0.05) is 0 Å². The molecule has 1 fully saturated rings. The number of hydrogen-bond acceptors (Lipinski definition) is 9. The van der Waals surface area contributed by atoms with Gasteiger partial charge in [0.2, 0.25) is 5.88 Å². The van der Waals surface area contributed by atoms with Gasteiger partial charge in [-0.2, -0.15) is 18.3 Å². The van der Waals surface area contributed by atoms with Crippen LogP contribution < -0.4 is 15.8 Å². The first-order valence-electron chi connectivity index (χ1n) is 11.7. The summed E-state index contributed by atoms with van der Waals surface area (Å²) in [5, 5.41) is 6.37. The topological polar surface area (TPSA) is 146 Å². The molecule has 0 radical (unpaired) electrons. The van der Waals surface area contributed by atoms with Gasteiger partial charge in [0.05, 0.1) is 37.6 Å². The number of ether oxygens (including phenoxy) is 3. The molecule has 2 atom stereocenters. The fraction of sp³-hybridized carbons (Fsp3) is 0.435. The van der Waals surface area contributed by atoms with Crippen molar-refractivity contribution in [1.82, 2.24) is 29.8 Å². The van der Waals surface area contributed by atoms with Crippen LogP contribution in [0.1, 0.15) is 22.8 Å². The van der Waals surface area contributed by atoms with E-state index in [-0.39, 0.29) is 54.8 Å². The molecular formula is C23H25F4N7O5. The van der Waals surface area contributed by atoms with E-state index in [0.717, 1.165) is 21.8 Å². The number of methoxy groups -OCH3 is 1. The highest BCUT2D eigenvalue weighted by atomic mass is 19.4. The Hall–Kier alpha value is -4.21. The van der Waals surface area contributed by atoms with Crippen molar-refractivity contribution in [2.24, 2.45) is 0 Å². The van der Waals surface area contributed by atoms with Gasteiger partial charge in [0, 0.05) is 24.9 Å².